The number of amides is 2. The number of hydrogen-bond donors (Lipinski definition) is 2. The normalized spacial score (nSPS) is 18.6. The highest BCUT2D eigenvalue weighted by Crippen LogP contribution is 2.19. The van der Waals surface area contributed by atoms with Crippen molar-refractivity contribution in [2.75, 3.05) is 36.9 Å². The van der Waals surface area contributed by atoms with E-state index in [1.165, 1.54) is 38.2 Å². The van der Waals surface area contributed by atoms with Gasteiger partial charge in [-0.1, -0.05) is 6.07 Å². The van der Waals surface area contributed by atoms with E-state index in [2.05, 4.69) is 20.5 Å². The van der Waals surface area contributed by atoms with Crippen LogP contribution in [0.5, 0.6) is 0 Å². The molecule has 184 valence electrons. The van der Waals surface area contributed by atoms with Crippen LogP contribution in [-0.2, 0) is 30.9 Å². The van der Waals surface area contributed by atoms with Crippen LogP contribution in [0.3, 0.4) is 0 Å². The van der Waals surface area contributed by atoms with Crippen molar-refractivity contribution in [3.05, 3.63) is 48.2 Å². The first-order valence-electron chi connectivity index (χ1n) is 11.0. The second-order valence-corrected chi connectivity index (χ2v) is 10.5. The van der Waals surface area contributed by atoms with E-state index in [0.29, 0.717) is 5.69 Å². The molecule has 2 aromatic rings. The van der Waals surface area contributed by atoms with E-state index in [-0.39, 0.29) is 36.1 Å². The lowest BCUT2D eigenvalue weighted by atomic mass is 10.2. The summed E-state index contributed by atoms with van der Waals surface area (Å²) >= 11 is 0. The van der Waals surface area contributed by atoms with Gasteiger partial charge >= 0.3 is 0 Å². The minimum absolute atomic E-state index is 0.0310. The molecular formula is C23H31N5O5S. The van der Waals surface area contributed by atoms with E-state index in [0.717, 1.165) is 28.8 Å². The third-order valence-corrected chi connectivity index (χ3v) is 7.11. The molecule has 2 amide bonds. The lowest BCUT2D eigenvalue weighted by molar-refractivity contribution is -0.121. The van der Waals surface area contributed by atoms with Crippen molar-refractivity contribution in [2.45, 2.75) is 44.4 Å². The minimum atomic E-state index is -3.86. The summed E-state index contributed by atoms with van der Waals surface area (Å²) < 4.78 is 32.2. The maximum absolute atomic E-state index is 12.7. The molecule has 1 aromatic heterocycles. The predicted molar refractivity (Wildman–Crippen MR) is 129 cm³/mol. The van der Waals surface area contributed by atoms with E-state index in [1.54, 1.807) is 6.20 Å². The Hall–Kier alpha value is -3.02. The highest BCUT2D eigenvalue weighted by Gasteiger charge is 2.24. The zero-order chi connectivity index (χ0) is 24.9. The van der Waals surface area contributed by atoms with Gasteiger partial charge in [-0.25, -0.2) is 13.4 Å². The lowest BCUT2D eigenvalue weighted by Gasteiger charge is -2.36. The van der Waals surface area contributed by atoms with E-state index >= 15 is 0 Å². The van der Waals surface area contributed by atoms with Gasteiger partial charge in [0.15, 0.2) is 0 Å². The molecule has 0 radical (unpaired) electrons. The van der Waals surface area contributed by atoms with Crippen LogP contribution in [0.1, 0.15) is 26.3 Å². The Morgan fingerprint density at radius 2 is 1.76 bits per heavy atom. The lowest BCUT2D eigenvalue weighted by Crippen LogP contribution is -2.45. The molecule has 1 aliphatic rings. The third kappa shape index (κ3) is 6.75. The van der Waals surface area contributed by atoms with Crippen LogP contribution in [-0.4, -0.2) is 68.4 Å². The van der Waals surface area contributed by atoms with Crippen LogP contribution < -0.4 is 15.5 Å². The molecule has 2 N–H and O–H groups in total. The van der Waals surface area contributed by atoms with Crippen LogP contribution in [0.15, 0.2) is 47.5 Å². The molecule has 11 heteroatoms. The number of nitrogens with one attached hydrogen (secondary N) is 2. The molecule has 1 fully saturated rings. The molecule has 1 aromatic carbocycles. The zero-order valence-electron chi connectivity index (χ0n) is 19.8. The van der Waals surface area contributed by atoms with Crippen molar-refractivity contribution >= 4 is 33.3 Å². The first-order chi connectivity index (χ1) is 16.0. The summed E-state index contributed by atoms with van der Waals surface area (Å²) in [6, 6.07) is 9.57. The van der Waals surface area contributed by atoms with Crippen LogP contribution in [0.25, 0.3) is 0 Å². The summed E-state index contributed by atoms with van der Waals surface area (Å²) in [5.74, 6) is 0.174. The Morgan fingerprint density at radius 3 is 2.32 bits per heavy atom. The number of carbonyl (C=O) groups is 2. The van der Waals surface area contributed by atoms with Gasteiger partial charge in [0.05, 0.1) is 23.6 Å². The van der Waals surface area contributed by atoms with Crippen LogP contribution >= 0.6 is 0 Å². The smallest absolute Gasteiger partial charge is 0.243 e. The topological polar surface area (TPSA) is 121 Å². The number of nitrogens with zero attached hydrogens (tertiary/aromatic N) is 3. The van der Waals surface area contributed by atoms with Crippen LogP contribution in [0.4, 0.5) is 11.5 Å². The molecular weight excluding hydrogens is 458 g/mol. The second-order valence-electron chi connectivity index (χ2n) is 8.43. The molecule has 3 rings (SSSR count). The largest absolute Gasteiger partial charge is 0.372 e. The Kier molecular flexibility index (Phi) is 8.24. The van der Waals surface area contributed by atoms with E-state index in [9.17, 15) is 18.0 Å². The standard InChI is InChI=1S/C23H31N5O5S/c1-16-13-28(14-17(2)33-16)22-10-5-19(11-24-22)12-25-23(30)15-27(4)34(31,32)21-8-6-20(7-9-21)26-18(3)29/h5-11,16-17H,12-15H2,1-4H3,(H,25,30)(H,26,29). The number of sulfonamides is 1. The van der Waals surface area contributed by atoms with Crippen molar-refractivity contribution in [3.8, 4) is 0 Å². The Bertz CT molecular complexity index is 1100. The summed E-state index contributed by atoms with van der Waals surface area (Å²) in [5.41, 5.74) is 1.30. The number of pyridine rings is 1. The number of morpholine rings is 1. The van der Waals surface area contributed by atoms with Crippen molar-refractivity contribution < 1.29 is 22.7 Å². The highest BCUT2D eigenvalue weighted by atomic mass is 32.2. The number of rotatable bonds is 8. The van der Waals surface area contributed by atoms with Crippen molar-refractivity contribution in [2.24, 2.45) is 0 Å². The Morgan fingerprint density at radius 1 is 1.12 bits per heavy atom. The molecule has 0 spiro atoms. The van der Waals surface area contributed by atoms with Crippen LogP contribution in [0, 0.1) is 0 Å². The highest BCUT2D eigenvalue weighted by molar-refractivity contribution is 7.89. The molecule has 34 heavy (non-hydrogen) atoms. The van der Waals surface area contributed by atoms with Gasteiger partial charge in [-0.2, -0.15) is 4.31 Å². The first-order valence-corrected chi connectivity index (χ1v) is 12.4. The van der Waals surface area contributed by atoms with Gasteiger partial charge in [-0.05, 0) is 49.7 Å². The quantitative estimate of drug-likeness (QED) is 0.578. The fourth-order valence-electron chi connectivity index (χ4n) is 3.71. The van der Waals surface area contributed by atoms with Gasteiger partial charge in [0.25, 0.3) is 0 Å². The van der Waals surface area contributed by atoms with Gasteiger partial charge in [-0.15, -0.1) is 0 Å². The van der Waals surface area contributed by atoms with Gasteiger partial charge in [0, 0.05) is 45.5 Å². The first kappa shape index (κ1) is 25.6. The van der Waals surface area contributed by atoms with Gasteiger partial charge in [0.2, 0.25) is 21.8 Å². The summed E-state index contributed by atoms with van der Waals surface area (Å²) in [7, 11) is -2.51. The number of aromatic nitrogens is 1. The second kappa shape index (κ2) is 10.9. The zero-order valence-corrected chi connectivity index (χ0v) is 20.6. The SMILES string of the molecule is CC(=O)Nc1ccc(S(=O)(=O)N(C)CC(=O)NCc2ccc(N3CC(C)OC(C)C3)nc2)cc1. The van der Waals surface area contributed by atoms with Crippen molar-refractivity contribution in [3.63, 3.8) is 0 Å². The molecule has 0 aliphatic carbocycles. The summed E-state index contributed by atoms with van der Waals surface area (Å²) in [6.07, 6.45) is 1.97. The number of likely N-dealkylation sites (N-methyl/N-ethyl adjacent to an activating group) is 1. The van der Waals surface area contributed by atoms with E-state index in [4.69, 9.17) is 4.74 Å². The molecule has 2 atom stereocenters. The molecule has 0 saturated carbocycles. The average molecular weight is 490 g/mol. The van der Waals surface area contributed by atoms with Gasteiger partial charge in [0.1, 0.15) is 5.82 Å². The predicted octanol–water partition coefficient (Wildman–Crippen LogP) is 1.59. The number of carbonyl (C=O) groups excluding carboxylic acids is 2. The van der Waals surface area contributed by atoms with Gasteiger partial charge < -0.3 is 20.3 Å². The molecule has 10 nitrogen and oxygen atoms in total. The fraction of sp³-hybridized carbons (Fsp3) is 0.435. The number of anilines is 2. The fourth-order valence-corrected chi connectivity index (χ4v) is 4.84. The summed E-state index contributed by atoms with van der Waals surface area (Å²) in [5, 5.41) is 5.31. The number of hydrogen-bond acceptors (Lipinski definition) is 7. The third-order valence-electron chi connectivity index (χ3n) is 5.29. The molecule has 2 heterocycles. The van der Waals surface area contributed by atoms with Crippen molar-refractivity contribution in [1.29, 1.82) is 0 Å². The minimum Gasteiger partial charge on any atom is -0.372 e. The average Bonchev–Trinajstić information content (AvgIpc) is 2.77. The maximum Gasteiger partial charge on any atom is 0.243 e. The maximum atomic E-state index is 12.7. The van der Waals surface area contributed by atoms with Crippen LogP contribution in [0.2, 0.25) is 0 Å². The number of benzene rings is 1. The summed E-state index contributed by atoms with van der Waals surface area (Å²) in [6.45, 7) is 6.88. The molecule has 1 saturated heterocycles. The van der Waals surface area contributed by atoms with E-state index < -0.39 is 15.9 Å². The summed E-state index contributed by atoms with van der Waals surface area (Å²) in [4.78, 5) is 30.2. The van der Waals surface area contributed by atoms with Gasteiger partial charge in [-0.3, -0.25) is 9.59 Å². The Labute approximate surface area is 200 Å². The van der Waals surface area contributed by atoms with Crippen molar-refractivity contribution in [1.82, 2.24) is 14.6 Å². The number of ether oxygens (including phenoxy) is 1. The molecule has 0 bridgehead atoms. The monoisotopic (exact) mass is 489 g/mol. The molecule has 2 unspecified atom stereocenters. The Balaban J connectivity index is 1.52. The van der Waals surface area contributed by atoms with E-state index in [1.807, 2.05) is 26.0 Å². The molecule has 1 aliphatic heterocycles.